The van der Waals surface area contributed by atoms with Gasteiger partial charge in [0.2, 0.25) is 0 Å². The van der Waals surface area contributed by atoms with Crippen LogP contribution in [0.15, 0.2) is 24.3 Å². The first-order valence-electron chi connectivity index (χ1n) is 5.90. The van der Waals surface area contributed by atoms with E-state index in [-0.39, 0.29) is 0 Å². The SMILES string of the molecule is CCC(C)(O)COc1ccccc1C(C)C. The Kier molecular flexibility index (Phi) is 4.36. The summed E-state index contributed by atoms with van der Waals surface area (Å²) in [5, 5.41) is 9.89. The van der Waals surface area contributed by atoms with Crippen LogP contribution < -0.4 is 4.74 Å². The molecule has 0 aromatic heterocycles. The van der Waals surface area contributed by atoms with Gasteiger partial charge < -0.3 is 9.84 Å². The minimum absolute atomic E-state index is 0.341. The van der Waals surface area contributed by atoms with Crippen LogP contribution in [0, 0.1) is 0 Å². The zero-order valence-corrected chi connectivity index (χ0v) is 10.7. The number of hydrogen-bond acceptors (Lipinski definition) is 2. The second-order valence-electron chi connectivity index (χ2n) is 4.83. The van der Waals surface area contributed by atoms with Gasteiger partial charge in [-0.3, -0.25) is 0 Å². The fourth-order valence-corrected chi connectivity index (χ4v) is 1.42. The maximum Gasteiger partial charge on any atom is 0.122 e. The van der Waals surface area contributed by atoms with E-state index in [4.69, 9.17) is 4.74 Å². The summed E-state index contributed by atoms with van der Waals surface area (Å²) in [6.45, 7) is 8.37. The van der Waals surface area contributed by atoms with Crippen molar-refractivity contribution >= 4 is 0 Å². The van der Waals surface area contributed by atoms with Crippen molar-refractivity contribution in [2.75, 3.05) is 6.61 Å². The Hall–Kier alpha value is -1.02. The zero-order chi connectivity index (χ0) is 12.2. The number of para-hydroxylation sites is 1. The highest BCUT2D eigenvalue weighted by Crippen LogP contribution is 2.26. The van der Waals surface area contributed by atoms with E-state index in [0.29, 0.717) is 18.9 Å². The molecule has 90 valence electrons. The Morgan fingerprint density at radius 3 is 2.50 bits per heavy atom. The van der Waals surface area contributed by atoms with E-state index < -0.39 is 5.60 Å². The fraction of sp³-hybridized carbons (Fsp3) is 0.571. The van der Waals surface area contributed by atoms with Crippen molar-refractivity contribution in [2.45, 2.75) is 45.6 Å². The number of hydrogen-bond donors (Lipinski definition) is 1. The normalized spacial score (nSPS) is 14.9. The van der Waals surface area contributed by atoms with E-state index in [0.717, 1.165) is 5.75 Å². The second kappa shape index (κ2) is 5.35. The van der Waals surface area contributed by atoms with Crippen LogP contribution in [0.4, 0.5) is 0 Å². The third-order valence-electron chi connectivity index (χ3n) is 2.84. The largest absolute Gasteiger partial charge is 0.490 e. The van der Waals surface area contributed by atoms with E-state index in [1.165, 1.54) is 5.56 Å². The lowest BCUT2D eigenvalue weighted by Crippen LogP contribution is -2.31. The number of benzene rings is 1. The Morgan fingerprint density at radius 1 is 1.31 bits per heavy atom. The molecule has 0 fully saturated rings. The van der Waals surface area contributed by atoms with Crippen molar-refractivity contribution < 1.29 is 9.84 Å². The standard InChI is InChI=1S/C14H22O2/c1-5-14(4,15)10-16-13-9-7-6-8-12(13)11(2)3/h6-9,11,15H,5,10H2,1-4H3. The van der Waals surface area contributed by atoms with Gasteiger partial charge in [0.05, 0.1) is 5.60 Å². The lowest BCUT2D eigenvalue weighted by atomic mass is 10.0. The van der Waals surface area contributed by atoms with Gasteiger partial charge >= 0.3 is 0 Å². The third-order valence-corrected chi connectivity index (χ3v) is 2.84. The average Bonchev–Trinajstić information content (AvgIpc) is 2.27. The van der Waals surface area contributed by atoms with Crippen molar-refractivity contribution in [2.24, 2.45) is 0 Å². The molecule has 2 heteroatoms. The Bertz CT molecular complexity index is 329. The van der Waals surface area contributed by atoms with Crippen LogP contribution >= 0.6 is 0 Å². The minimum atomic E-state index is -0.746. The molecule has 0 aliphatic carbocycles. The molecule has 1 N–H and O–H groups in total. The molecule has 0 saturated heterocycles. The molecule has 0 aliphatic rings. The summed E-state index contributed by atoms with van der Waals surface area (Å²) >= 11 is 0. The van der Waals surface area contributed by atoms with Crippen LogP contribution in [0.25, 0.3) is 0 Å². The van der Waals surface area contributed by atoms with Crippen molar-refractivity contribution in [3.63, 3.8) is 0 Å². The minimum Gasteiger partial charge on any atom is -0.490 e. The first kappa shape index (κ1) is 13.0. The van der Waals surface area contributed by atoms with Gasteiger partial charge in [0.1, 0.15) is 12.4 Å². The lowest BCUT2D eigenvalue weighted by molar-refractivity contribution is 0.00812. The van der Waals surface area contributed by atoms with Crippen molar-refractivity contribution in [1.29, 1.82) is 0 Å². The van der Waals surface area contributed by atoms with E-state index in [9.17, 15) is 5.11 Å². The summed E-state index contributed by atoms with van der Waals surface area (Å²) < 4.78 is 5.70. The van der Waals surface area contributed by atoms with Crippen LogP contribution in [0.3, 0.4) is 0 Å². The number of aliphatic hydroxyl groups is 1. The maximum absolute atomic E-state index is 9.89. The summed E-state index contributed by atoms with van der Waals surface area (Å²) in [6.07, 6.45) is 0.691. The quantitative estimate of drug-likeness (QED) is 0.828. The van der Waals surface area contributed by atoms with E-state index in [1.54, 1.807) is 6.92 Å². The van der Waals surface area contributed by atoms with Crippen LogP contribution in [0.5, 0.6) is 5.75 Å². The summed E-state index contributed by atoms with van der Waals surface area (Å²) in [4.78, 5) is 0. The molecule has 1 atom stereocenters. The molecule has 1 aromatic rings. The molecule has 2 nitrogen and oxygen atoms in total. The van der Waals surface area contributed by atoms with Gasteiger partial charge in [-0.2, -0.15) is 0 Å². The highest BCUT2D eigenvalue weighted by molar-refractivity contribution is 5.35. The summed E-state index contributed by atoms with van der Waals surface area (Å²) in [7, 11) is 0. The van der Waals surface area contributed by atoms with Crippen LogP contribution in [0.2, 0.25) is 0 Å². The van der Waals surface area contributed by atoms with Gasteiger partial charge in [-0.25, -0.2) is 0 Å². The highest BCUT2D eigenvalue weighted by atomic mass is 16.5. The Labute approximate surface area is 98.3 Å². The Balaban J connectivity index is 2.74. The molecule has 0 radical (unpaired) electrons. The molecule has 1 aromatic carbocycles. The molecule has 0 aliphatic heterocycles. The maximum atomic E-state index is 9.89. The van der Waals surface area contributed by atoms with Crippen LogP contribution in [0.1, 0.15) is 45.6 Å². The number of rotatable bonds is 5. The van der Waals surface area contributed by atoms with Crippen molar-refractivity contribution in [3.05, 3.63) is 29.8 Å². The van der Waals surface area contributed by atoms with Gasteiger partial charge in [0, 0.05) is 0 Å². The molecule has 0 saturated carbocycles. The van der Waals surface area contributed by atoms with Crippen molar-refractivity contribution in [1.82, 2.24) is 0 Å². The summed E-state index contributed by atoms with van der Waals surface area (Å²) in [5.41, 5.74) is 0.443. The summed E-state index contributed by atoms with van der Waals surface area (Å²) in [6, 6.07) is 8.00. The Morgan fingerprint density at radius 2 is 1.94 bits per heavy atom. The molecule has 0 spiro atoms. The molecular formula is C14H22O2. The molecule has 0 bridgehead atoms. The monoisotopic (exact) mass is 222 g/mol. The smallest absolute Gasteiger partial charge is 0.122 e. The van der Waals surface area contributed by atoms with E-state index >= 15 is 0 Å². The molecule has 0 heterocycles. The lowest BCUT2D eigenvalue weighted by Gasteiger charge is -2.23. The molecule has 16 heavy (non-hydrogen) atoms. The van der Waals surface area contributed by atoms with Gasteiger partial charge in [-0.1, -0.05) is 39.0 Å². The second-order valence-corrected chi connectivity index (χ2v) is 4.83. The van der Waals surface area contributed by atoms with E-state index in [2.05, 4.69) is 19.9 Å². The fourth-order valence-electron chi connectivity index (χ4n) is 1.42. The third kappa shape index (κ3) is 3.53. The first-order valence-corrected chi connectivity index (χ1v) is 5.90. The van der Waals surface area contributed by atoms with Gasteiger partial charge in [-0.15, -0.1) is 0 Å². The van der Waals surface area contributed by atoms with Gasteiger partial charge in [0.25, 0.3) is 0 Å². The molecular weight excluding hydrogens is 200 g/mol. The van der Waals surface area contributed by atoms with Gasteiger partial charge in [-0.05, 0) is 30.9 Å². The van der Waals surface area contributed by atoms with Crippen LogP contribution in [-0.2, 0) is 0 Å². The van der Waals surface area contributed by atoms with Crippen molar-refractivity contribution in [3.8, 4) is 5.75 Å². The predicted molar refractivity (Wildman–Crippen MR) is 66.9 cm³/mol. The summed E-state index contributed by atoms with van der Waals surface area (Å²) in [5.74, 6) is 1.31. The van der Waals surface area contributed by atoms with Gasteiger partial charge in [0.15, 0.2) is 0 Å². The first-order chi connectivity index (χ1) is 7.46. The molecule has 1 unspecified atom stereocenters. The molecule has 1 rings (SSSR count). The van der Waals surface area contributed by atoms with E-state index in [1.807, 2.05) is 25.1 Å². The highest BCUT2D eigenvalue weighted by Gasteiger charge is 2.19. The molecule has 0 amide bonds. The van der Waals surface area contributed by atoms with Crippen LogP contribution in [-0.4, -0.2) is 17.3 Å². The topological polar surface area (TPSA) is 29.5 Å². The average molecular weight is 222 g/mol. The zero-order valence-electron chi connectivity index (χ0n) is 10.7. The predicted octanol–water partition coefficient (Wildman–Crippen LogP) is 3.35. The number of ether oxygens (including phenoxy) is 1.